The summed E-state index contributed by atoms with van der Waals surface area (Å²) in [6.45, 7) is 6.35. The fourth-order valence-electron chi connectivity index (χ4n) is 8.36. The summed E-state index contributed by atoms with van der Waals surface area (Å²) in [6, 6.07) is 0. The summed E-state index contributed by atoms with van der Waals surface area (Å²) in [7, 11) is 0. The number of rotatable bonds is 55. The van der Waals surface area contributed by atoms with E-state index in [4.69, 9.17) is 14.2 Å². The van der Waals surface area contributed by atoms with E-state index in [-0.39, 0.29) is 31.6 Å². The Balaban J connectivity index is 4.47. The molecule has 0 saturated heterocycles. The van der Waals surface area contributed by atoms with Crippen molar-refractivity contribution in [2.24, 2.45) is 0 Å². The van der Waals surface area contributed by atoms with Gasteiger partial charge in [-0.05, 0) is 116 Å². The lowest BCUT2D eigenvalue weighted by Crippen LogP contribution is -2.30. The predicted molar refractivity (Wildman–Crippen MR) is 325 cm³/mol. The van der Waals surface area contributed by atoms with Crippen LogP contribution in [-0.2, 0) is 28.6 Å². The molecule has 0 rings (SSSR count). The van der Waals surface area contributed by atoms with Crippen LogP contribution in [0.25, 0.3) is 0 Å². The van der Waals surface area contributed by atoms with Crippen molar-refractivity contribution in [3.8, 4) is 0 Å². The van der Waals surface area contributed by atoms with Crippen molar-refractivity contribution in [1.29, 1.82) is 0 Å². The van der Waals surface area contributed by atoms with Crippen LogP contribution < -0.4 is 0 Å². The minimum absolute atomic E-state index is 0.116. The van der Waals surface area contributed by atoms with Gasteiger partial charge < -0.3 is 14.2 Å². The third-order valence-electron chi connectivity index (χ3n) is 12.9. The van der Waals surface area contributed by atoms with Gasteiger partial charge in [-0.2, -0.15) is 0 Å². The molecule has 75 heavy (non-hydrogen) atoms. The first kappa shape index (κ1) is 70.8. The fraction of sp³-hybridized carbons (Fsp3) is 0.667. The highest BCUT2D eigenvalue weighted by atomic mass is 16.6. The summed E-state index contributed by atoms with van der Waals surface area (Å²) in [4.78, 5) is 38.2. The first-order valence-electron chi connectivity index (χ1n) is 31.0. The molecule has 0 aliphatic carbocycles. The predicted octanol–water partition coefficient (Wildman–Crippen LogP) is 21.2. The van der Waals surface area contributed by atoms with Crippen LogP contribution in [0.3, 0.4) is 0 Å². The third-order valence-corrected chi connectivity index (χ3v) is 12.9. The molecule has 0 amide bonds. The van der Waals surface area contributed by atoms with Gasteiger partial charge in [0.2, 0.25) is 0 Å². The van der Waals surface area contributed by atoms with Crippen LogP contribution in [0.1, 0.15) is 278 Å². The summed E-state index contributed by atoms with van der Waals surface area (Å²) in [5, 5.41) is 0. The number of ether oxygens (including phenoxy) is 3. The molecule has 0 aromatic carbocycles. The molecule has 0 N–H and O–H groups in total. The van der Waals surface area contributed by atoms with Gasteiger partial charge in [0.05, 0.1) is 0 Å². The number of esters is 3. The van der Waals surface area contributed by atoms with E-state index in [2.05, 4.69) is 136 Å². The van der Waals surface area contributed by atoms with Crippen LogP contribution >= 0.6 is 0 Å². The second kappa shape index (κ2) is 62.4. The summed E-state index contributed by atoms with van der Waals surface area (Å²) < 4.78 is 16.8. The molecule has 0 aliphatic rings. The SMILES string of the molecule is CC/C=C\C/C=C\C/C=C\C/C=C\C/C=C\C/C=C\CCC(=O)OC(COC(=O)CCCCCCC/C=C\C/C=C\C/C=C\CC)COC(=O)CCCCCCCCCCCCC/C=C\CCCCCCCCCC. The summed E-state index contributed by atoms with van der Waals surface area (Å²) in [5.41, 5.74) is 0. The largest absolute Gasteiger partial charge is 0.462 e. The summed E-state index contributed by atoms with van der Waals surface area (Å²) in [6.07, 6.45) is 86.4. The van der Waals surface area contributed by atoms with Crippen LogP contribution in [0.2, 0.25) is 0 Å². The number of carbonyl (C=O) groups excluding carboxylic acids is 3. The number of hydrogen-bond donors (Lipinski definition) is 0. The Morgan fingerprint density at radius 1 is 0.280 bits per heavy atom. The van der Waals surface area contributed by atoms with E-state index in [0.29, 0.717) is 19.3 Å². The molecule has 6 heteroatoms. The number of carbonyl (C=O) groups is 3. The van der Waals surface area contributed by atoms with Crippen molar-refractivity contribution in [2.45, 2.75) is 284 Å². The molecule has 1 atom stereocenters. The topological polar surface area (TPSA) is 78.9 Å². The Bertz CT molecular complexity index is 1570. The van der Waals surface area contributed by atoms with Crippen LogP contribution in [0, 0.1) is 0 Å². The van der Waals surface area contributed by atoms with Gasteiger partial charge in [-0.3, -0.25) is 14.4 Å². The Hall–Kier alpha value is -4.19. The van der Waals surface area contributed by atoms with Gasteiger partial charge >= 0.3 is 17.9 Å². The van der Waals surface area contributed by atoms with E-state index in [1.165, 1.54) is 116 Å². The highest BCUT2D eigenvalue weighted by Crippen LogP contribution is 2.15. The van der Waals surface area contributed by atoms with Gasteiger partial charge in [-0.1, -0.05) is 264 Å². The highest BCUT2D eigenvalue weighted by molar-refractivity contribution is 5.71. The molecule has 0 radical (unpaired) electrons. The second-order valence-electron chi connectivity index (χ2n) is 20.2. The quantitative estimate of drug-likeness (QED) is 0.0261. The fourth-order valence-corrected chi connectivity index (χ4v) is 8.36. The zero-order chi connectivity index (χ0) is 54.3. The van der Waals surface area contributed by atoms with Crippen molar-refractivity contribution in [2.75, 3.05) is 13.2 Å². The van der Waals surface area contributed by atoms with E-state index in [9.17, 15) is 14.4 Å². The average molecular weight is 1040 g/mol. The molecule has 0 aromatic heterocycles. The lowest BCUT2D eigenvalue weighted by Gasteiger charge is -2.18. The minimum atomic E-state index is -0.830. The molecule has 0 saturated carbocycles. The zero-order valence-electron chi connectivity index (χ0n) is 48.8. The molecule has 426 valence electrons. The van der Waals surface area contributed by atoms with Crippen LogP contribution in [0.4, 0.5) is 0 Å². The third kappa shape index (κ3) is 60.6. The maximum absolute atomic E-state index is 12.9. The summed E-state index contributed by atoms with van der Waals surface area (Å²) >= 11 is 0. The highest BCUT2D eigenvalue weighted by Gasteiger charge is 2.19. The van der Waals surface area contributed by atoms with Crippen molar-refractivity contribution in [3.05, 3.63) is 122 Å². The van der Waals surface area contributed by atoms with E-state index < -0.39 is 12.1 Å². The molecule has 1 unspecified atom stereocenters. The maximum atomic E-state index is 12.9. The van der Waals surface area contributed by atoms with Gasteiger partial charge in [-0.15, -0.1) is 0 Å². The van der Waals surface area contributed by atoms with Crippen molar-refractivity contribution in [3.63, 3.8) is 0 Å². The molecule has 0 fully saturated rings. The normalized spacial score (nSPS) is 12.9. The number of allylic oxidation sites excluding steroid dienone is 20. The van der Waals surface area contributed by atoms with Gasteiger partial charge in [0.25, 0.3) is 0 Å². The van der Waals surface area contributed by atoms with Gasteiger partial charge in [0.15, 0.2) is 6.10 Å². The van der Waals surface area contributed by atoms with Crippen LogP contribution in [0.15, 0.2) is 122 Å². The maximum Gasteiger partial charge on any atom is 0.306 e. The van der Waals surface area contributed by atoms with E-state index >= 15 is 0 Å². The van der Waals surface area contributed by atoms with Crippen LogP contribution in [-0.4, -0.2) is 37.2 Å². The number of unbranched alkanes of at least 4 members (excludes halogenated alkanes) is 24. The van der Waals surface area contributed by atoms with Crippen LogP contribution in [0.5, 0.6) is 0 Å². The molecule has 0 spiro atoms. The lowest BCUT2D eigenvalue weighted by atomic mass is 10.0. The summed E-state index contributed by atoms with van der Waals surface area (Å²) in [5.74, 6) is -1.02. The Morgan fingerprint density at radius 2 is 0.547 bits per heavy atom. The molecular weight excluding hydrogens is 925 g/mol. The Kier molecular flexibility index (Phi) is 58.9. The van der Waals surface area contributed by atoms with Gasteiger partial charge in [-0.25, -0.2) is 0 Å². The lowest BCUT2D eigenvalue weighted by molar-refractivity contribution is -0.166. The van der Waals surface area contributed by atoms with Crippen molar-refractivity contribution < 1.29 is 28.6 Å². The second-order valence-corrected chi connectivity index (χ2v) is 20.2. The smallest absolute Gasteiger partial charge is 0.306 e. The van der Waals surface area contributed by atoms with E-state index in [1.807, 2.05) is 6.08 Å². The minimum Gasteiger partial charge on any atom is -0.462 e. The van der Waals surface area contributed by atoms with Crippen molar-refractivity contribution >= 4 is 17.9 Å². The molecule has 6 nitrogen and oxygen atoms in total. The molecule has 0 heterocycles. The first-order chi connectivity index (χ1) is 37.0. The van der Waals surface area contributed by atoms with Crippen molar-refractivity contribution in [1.82, 2.24) is 0 Å². The average Bonchev–Trinajstić information content (AvgIpc) is 3.41. The standard InChI is InChI=1S/C69H114O6/c1-4-7-10-13-16-19-22-25-28-30-32-33-34-35-37-38-41-44-47-50-53-56-59-62-68(71)74-65-66(64-73-67(70)61-58-55-52-49-46-43-40-27-24-21-18-15-12-9-6-3)75-69(72)63-60-57-54-51-48-45-42-39-36-31-29-26-23-20-17-14-11-8-5-2/h8-9,11-12,17-18,20-21,26-27,29-30,32,36,39-40,45,48,54,57,66H,4-7,10,13-16,19,22-25,28,31,33-35,37-38,41-44,46-47,49-53,55-56,58-65H2,1-3H3/b11-8-,12-9-,20-17-,21-18-,29-26-,32-30-,39-36-,40-27-,48-45-,57-54-. The Labute approximate surface area is 462 Å². The van der Waals surface area contributed by atoms with Gasteiger partial charge in [0.1, 0.15) is 13.2 Å². The zero-order valence-corrected chi connectivity index (χ0v) is 48.8. The van der Waals surface area contributed by atoms with E-state index in [1.54, 1.807) is 0 Å². The Morgan fingerprint density at radius 3 is 0.880 bits per heavy atom. The molecule has 0 bridgehead atoms. The van der Waals surface area contributed by atoms with Gasteiger partial charge in [0, 0.05) is 19.3 Å². The first-order valence-corrected chi connectivity index (χ1v) is 31.0. The molecule has 0 aliphatic heterocycles. The number of hydrogen-bond acceptors (Lipinski definition) is 6. The monoisotopic (exact) mass is 1040 g/mol. The molecule has 0 aromatic rings. The molecular formula is C69H114O6. The van der Waals surface area contributed by atoms with E-state index in [0.717, 1.165) is 116 Å².